The topological polar surface area (TPSA) is 53.6 Å². The maximum atomic E-state index is 9.30. The standard InChI is InChI=1S/C8H11NO3/c1-3-6-4-7(10)8(12-2)5-9(6)11/h4-5,11H,3H2,1-2H3/p+1. The molecule has 0 saturated heterocycles. The van der Waals surface area contributed by atoms with Gasteiger partial charge in [-0.05, 0) is 0 Å². The van der Waals surface area contributed by atoms with Crippen molar-refractivity contribution >= 4 is 0 Å². The lowest BCUT2D eigenvalue weighted by Crippen LogP contribution is -2.34. The van der Waals surface area contributed by atoms with Crippen LogP contribution in [-0.2, 0) is 6.42 Å². The predicted octanol–water partition coefficient (Wildman–Crippen LogP) is 0.488. The normalized spacial score (nSPS) is 9.83. The van der Waals surface area contributed by atoms with Crippen LogP contribution >= 0.6 is 0 Å². The van der Waals surface area contributed by atoms with Crippen molar-refractivity contribution in [2.24, 2.45) is 0 Å². The third-order valence-corrected chi connectivity index (χ3v) is 1.67. The summed E-state index contributed by atoms with van der Waals surface area (Å²) in [6.07, 6.45) is 1.97. The lowest BCUT2D eigenvalue weighted by molar-refractivity contribution is -0.909. The van der Waals surface area contributed by atoms with Gasteiger partial charge in [0, 0.05) is 11.2 Å². The molecular formula is C8H12NO3+. The van der Waals surface area contributed by atoms with Gasteiger partial charge in [-0.25, -0.2) is 0 Å². The Morgan fingerprint density at radius 1 is 1.58 bits per heavy atom. The van der Waals surface area contributed by atoms with E-state index in [1.54, 1.807) is 0 Å². The van der Waals surface area contributed by atoms with Crippen LogP contribution in [0.1, 0.15) is 12.6 Å². The molecular weight excluding hydrogens is 158 g/mol. The smallest absolute Gasteiger partial charge is 0.268 e. The van der Waals surface area contributed by atoms with Gasteiger partial charge in [-0.3, -0.25) is 5.21 Å². The van der Waals surface area contributed by atoms with Crippen molar-refractivity contribution in [1.82, 2.24) is 0 Å². The van der Waals surface area contributed by atoms with Gasteiger partial charge in [0.15, 0.2) is 5.75 Å². The minimum absolute atomic E-state index is 0.0413. The van der Waals surface area contributed by atoms with Crippen LogP contribution in [0.5, 0.6) is 11.5 Å². The summed E-state index contributed by atoms with van der Waals surface area (Å²) in [6, 6.07) is 1.47. The monoisotopic (exact) mass is 170 g/mol. The van der Waals surface area contributed by atoms with Crippen LogP contribution in [0.3, 0.4) is 0 Å². The highest BCUT2D eigenvalue weighted by Gasteiger charge is 2.14. The molecule has 0 atom stereocenters. The van der Waals surface area contributed by atoms with Gasteiger partial charge in [0.1, 0.15) is 0 Å². The summed E-state index contributed by atoms with van der Waals surface area (Å²) in [5.74, 6) is 0.300. The third-order valence-electron chi connectivity index (χ3n) is 1.67. The molecule has 1 heterocycles. The second-order valence-electron chi connectivity index (χ2n) is 2.42. The average Bonchev–Trinajstić information content (AvgIpc) is 2.08. The Morgan fingerprint density at radius 3 is 2.75 bits per heavy atom. The molecule has 4 heteroatoms. The zero-order chi connectivity index (χ0) is 9.14. The molecule has 4 nitrogen and oxygen atoms in total. The van der Waals surface area contributed by atoms with Gasteiger partial charge in [0.05, 0.1) is 13.2 Å². The molecule has 0 aliphatic rings. The number of ether oxygens (including phenoxy) is 1. The molecule has 0 aliphatic heterocycles. The maximum absolute atomic E-state index is 9.30. The summed E-state index contributed by atoms with van der Waals surface area (Å²) in [6.45, 7) is 1.88. The van der Waals surface area contributed by atoms with Crippen LogP contribution in [0, 0.1) is 0 Å². The molecule has 0 bridgehead atoms. The SMILES string of the molecule is CCc1cc(O)c(OC)c[n+]1O. The Labute approximate surface area is 70.6 Å². The predicted molar refractivity (Wildman–Crippen MR) is 41.4 cm³/mol. The summed E-state index contributed by atoms with van der Waals surface area (Å²) in [4.78, 5) is 0. The van der Waals surface area contributed by atoms with Crippen molar-refractivity contribution in [2.75, 3.05) is 7.11 Å². The van der Waals surface area contributed by atoms with Crippen molar-refractivity contribution in [3.63, 3.8) is 0 Å². The van der Waals surface area contributed by atoms with Crippen LogP contribution in [0.4, 0.5) is 0 Å². The van der Waals surface area contributed by atoms with E-state index in [4.69, 9.17) is 4.74 Å². The molecule has 12 heavy (non-hydrogen) atoms. The van der Waals surface area contributed by atoms with Crippen molar-refractivity contribution in [2.45, 2.75) is 13.3 Å². The Balaban J connectivity index is 3.16. The molecule has 0 unspecified atom stereocenters. The molecule has 0 saturated carbocycles. The van der Waals surface area contributed by atoms with Gasteiger partial charge in [-0.2, -0.15) is 0 Å². The van der Waals surface area contributed by atoms with Gasteiger partial charge in [0.25, 0.3) is 6.20 Å². The molecule has 1 rings (SSSR count). The van der Waals surface area contributed by atoms with E-state index in [2.05, 4.69) is 0 Å². The zero-order valence-electron chi connectivity index (χ0n) is 7.11. The molecule has 0 aliphatic carbocycles. The second kappa shape index (κ2) is 3.30. The first-order chi connectivity index (χ1) is 5.69. The van der Waals surface area contributed by atoms with E-state index < -0.39 is 0 Å². The van der Waals surface area contributed by atoms with Gasteiger partial charge < -0.3 is 9.84 Å². The summed E-state index contributed by atoms with van der Waals surface area (Å²) in [5, 5.41) is 18.6. The minimum atomic E-state index is 0.0413. The molecule has 0 amide bonds. The highest BCUT2D eigenvalue weighted by molar-refractivity contribution is 5.34. The number of methoxy groups -OCH3 is 1. The number of aromatic nitrogens is 1. The number of hydrogen-bond donors (Lipinski definition) is 2. The highest BCUT2D eigenvalue weighted by Crippen LogP contribution is 2.23. The van der Waals surface area contributed by atoms with E-state index in [0.717, 1.165) is 4.73 Å². The van der Waals surface area contributed by atoms with Crippen LogP contribution in [-0.4, -0.2) is 17.4 Å². The quantitative estimate of drug-likeness (QED) is 0.501. The second-order valence-corrected chi connectivity index (χ2v) is 2.42. The largest absolute Gasteiger partial charge is 0.504 e. The van der Waals surface area contributed by atoms with Crippen molar-refractivity contribution < 1.29 is 19.8 Å². The Hall–Kier alpha value is -1.45. The fourth-order valence-corrected chi connectivity index (χ4v) is 0.977. The van der Waals surface area contributed by atoms with Gasteiger partial charge in [-0.15, -0.1) is 0 Å². The third kappa shape index (κ3) is 1.42. The molecule has 1 aromatic heterocycles. The van der Waals surface area contributed by atoms with Crippen LogP contribution in [0.2, 0.25) is 0 Å². The van der Waals surface area contributed by atoms with Gasteiger partial charge >= 0.3 is 0 Å². The fourth-order valence-electron chi connectivity index (χ4n) is 0.977. The zero-order valence-corrected chi connectivity index (χ0v) is 7.11. The summed E-state index contributed by atoms with van der Waals surface area (Å²) in [7, 11) is 1.43. The van der Waals surface area contributed by atoms with Crippen molar-refractivity contribution in [3.05, 3.63) is 18.0 Å². The number of hydrogen-bond acceptors (Lipinski definition) is 3. The van der Waals surface area contributed by atoms with Crippen molar-refractivity contribution in [3.8, 4) is 11.5 Å². The first-order valence-electron chi connectivity index (χ1n) is 3.69. The van der Waals surface area contributed by atoms with E-state index in [9.17, 15) is 10.3 Å². The number of nitrogens with zero attached hydrogens (tertiary/aromatic N) is 1. The maximum Gasteiger partial charge on any atom is 0.268 e. The Morgan fingerprint density at radius 2 is 2.25 bits per heavy atom. The Kier molecular flexibility index (Phi) is 2.38. The summed E-state index contributed by atoms with van der Waals surface area (Å²) in [5.41, 5.74) is 0.633. The van der Waals surface area contributed by atoms with E-state index >= 15 is 0 Å². The number of aryl methyl sites for hydroxylation is 1. The van der Waals surface area contributed by atoms with Crippen LogP contribution < -0.4 is 9.47 Å². The molecule has 1 aromatic rings. The van der Waals surface area contributed by atoms with E-state index in [1.165, 1.54) is 19.4 Å². The average molecular weight is 170 g/mol. The lowest BCUT2D eigenvalue weighted by atomic mass is 10.3. The molecule has 0 radical (unpaired) electrons. The molecule has 66 valence electrons. The fraction of sp³-hybridized carbons (Fsp3) is 0.375. The van der Waals surface area contributed by atoms with Crippen LogP contribution in [0.25, 0.3) is 0 Å². The van der Waals surface area contributed by atoms with E-state index in [0.29, 0.717) is 12.1 Å². The van der Waals surface area contributed by atoms with Gasteiger partial charge in [-0.1, -0.05) is 6.92 Å². The van der Waals surface area contributed by atoms with Gasteiger partial charge in [0.2, 0.25) is 11.4 Å². The van der Waals surface area contributed by atoms with Crippen molar-refractivity contribution in [1.29, 1.82) is 0 Å². The summed E-state index contributed by atoms with van der Waals surface area (Å²) >= 11 is 0. The van der Waals surface area contributed by atoms with Crippen LogP contribution in [0.15, 0.2) is 12.3 Å². The molecule has 0 spiro atoms. The lowest BCUT2D eigenvalue weighted by Gasteiger charge is -2.00. The first-order valence-corrected chi connectivity index (χ1v) is 3.69. The first kappa shape index (κ1) is 8.64. The number of pyridine rings is 1. The number of aromatic hydroxyl groups is 1. The highest BCUT2D eigenvalue weighted by atomic mass is 16.5. The molecule has 2 N–H and O–H groups in total. The molecule has 0 fully saturated rings. The Bertz CT molecular complexity index is 256. The minimum Gasteiger partial charge on any atom is -0.504 e. The summed E-state index contributed by atoms with van der Waals surface area (Å²) < 4.78 is 5.74. The molecule has 0 aromatic carbocycles. The number of rotatable bonds is 2. The van der Waals surface area contributed by atoms with E-state index in [-0.39, 0.29) is 11.5 Å². The van der Waals surface area contributed by atoms with E-state index in [1.807, 2.05) is 6.92 Å².